The van der Waals surface area contributed by atoms with Gasteiger partial charge in [-0.25, -0.2) is 0 Å². The van der Waals surface area contributed by atoms with Crippen LogP contribution in [0.2, 0.25) is 0 Å². The molecular formula is C24H23O2P. The van der Waals surface area contributed by atoms with Crippen LogP contribution in [0.1, 0.15) is 35.8 Å². The average molecular weight is 374 g/mol. The van der Waals surface area contributed by atoms with Gasteiger partial charge < -0.3 is 4.57 Å². The summed E-state index contributed by atoms with van der Waals surface area (Å²) < 4.78 is 14.9. The molecule has 3 aromatic rings. The minimum Gasteiger partial charge on any atom is -0.317 e. The Balaban J connectivity index is 1.97. The molecule has 1 heterocycles. The van der Waals surface area contributed by atoms with Crippen LogP contribution in [0.3, 0.4) is 0 Å². The fourth-order valence-electron chi connectivity index (χ4n) is 4.39. The topological polar surface area (TPSA) is 34.1 Å². The van der Waals surface area contributed by atoms with Crippen LogP contribution < -0.4 is 5.30 Å². The van der Waals surface area contributed by atoms with Gasteiger partial charge in [0, 0.05) is 23.3 Å². The molecule has 0 saturated carbocycles. The average Bonchev–Trinajstić information content (AvgIpc) is 2.73. The quantitative estimate of drug-likeness (QED) is 0.546. The van der Waals surface area contributed by atoms with Crippen LogP contribution in [0.5, 0.6) is 0 Å². The first-order chi connectivity index (χ1) is 13.1. The van der Waals surface area contributed by atoms with Gasteiger partial charge in [-0.1, -0.05) is 97.9 Å². The molecule has 3 heteroatoms. The van der Waals surface area contributed by atoms with E-state index in [1.165, 1.54) is 0 Å². The SMILES string of the molecule is C[C@@H]1C(=O)C[C@@H](c2ccccc2)[P@](=O)(c2ccccc2)[C@H]1c1ccccc1. The predicted octanol–water partition coefficient (Wildman–Crippen LogP) is 5.77. The standard InChI is InChI=1S/C24H23O2P/c1-18-22(25)17-23(19-11-5-2-6-12-19)27(26,21-15-9-4-10-16-21)24(18)20-13-7-3-8-14-20/h2-16,18,23-24H,17H2,1H3/t18-,23+,24-,27-/m1/s1. The highest BCUT2D eigenvalue weighted by molar-refractivity contribution is 7.72. The van der Waals surface area contributed by atoms with Crippen molar-refractivity contribution in [1.82, 2.24) is 0 Å². The van der Waals surface area contributed by atoms with Crippen LogP contribution in [-0.4, -0.2) is 5.78 Å². The molecule has 0 aliphatic carbocycles. The van der Waals surface area contributed by atoms with Gasteiger partial charge in [0.05, 0.1) is 5.66 Å². The zero-order valence-electron chi connectivity index (χ0n) is 15.4. The van der Waals surface area contributed by atoms with E-state index < -0.39 is 7.14 Å². The largest absolute Gasteiger partial charge is 0.317 e. The molecule has 27 heavy (non-hydrogen) atoms. The fourth-order valence-corrected chi connectivity index (χ4v) is 8.61. The van der Waals surface area contributed by atoms with Crippen LogP contribution in [0, 0.1) is 5.92 Å². The number of benzene rings is 3. The molecule has 1 fully saturated rings. The van der Waals surface area contributed by atoms with Crippen molar-refractivity contribution >= 4 is 18.2 Å². The molecule has 0 unspecified atom stereocenters. The summed E-state index contributed by atoms with van der Waals surface area (Å²) in [7, 11) is -2.94. The maximum Gasteiger partial charge on any atom is 0.137 e. The predicted molar refractivity (Wildman–Crippen MR) is 111 cm³/mol. The third-order valence-corrected chi connectivity index (χ3v) is 9.82. The lowest BCUT2D eigenvalue weighted by Crippen LogP contribution is -2.33. The van der Waals surface area contributed by atoms with E-state index in [2.05, 4.69) is 0 Å². The van der Waals surface area contributed by atoms with E-state index in [4.69, 9.17) is 0 Å². The first kappa shape index (κ1) is 17.9. The Bertz CT molecular complexity index is 967. The summed E-state index contributed by atoms with van der Waals surface area (Å²) in [5.41, 5.74) is 1.40. The molecule has 0 N–H and O–H groups in total. The van der Waals surface area contributed by atoms with E-state index in [1.807, 2.05) is 97.9 Å². The van der Waals surface area contributed by atoms with Gasteiger partial charge in [0.25, 0.3) is 0 Å². The van der Waals surface area contributed by atoms with Gasteiger partial charge in [0.1, 0.15) is 12.9 Å². The van der Waals surface area contributed by atoms with E-state index in [-0.39, 0.29) is 23.0 Å². The molecule has 1 aliphatic heterocycles. The Hall–Kier alpha value is -2.44. The molecule has 136 valence electrons. The monoisotopic (exact) mass is 374 g/mol. The van der Waals surface area contributed by atoms with Crippen molar-refractivity contribution in [1.29, 1.82) is 0 Å². The third-order valence-electron chi connectivity index (χ3n) is 5.74. The molecular weight excluding hydrogens is 351 g/mol. The van der Waals surface area contributed by atoms with Gasteiger partial charge in [0.2, 0.25) is 0 Å². The molecule has 4 atom stereocenters. The summed E-state index contributed by atoms with van der Waals surface area (Å²) in [4.78, 5) is 13.0. The zero-order chi connectivity index (χ0) is 18.9. The van der Waals surface area contributed by atoms with Gasteiger partial charge in [-0.05, 0) is 11.1 Å². The van der Waals surface area contributed by atoms with Crippen molar-refractivity contribution < 1.29 is 9.36 Å². The van der Waals surface area contributed by atoms with Gasteiger partial charge in [-0.15, -0.1) is 0 Å². The summed E-state index contributed by atoms with van der Waals surface area (Å²) in [5, 5.41) is 0.868. The summed E-state index contributed by atoms with van der Waals surface area (Å²) in [5.74, 6) is -0.0708. The number of carbonyl (C=O) groups is 1. The molecule has 4 rings (SSSR count). The van der Waals surface area contributed by atoms with Gasteiger partial charge >= 0.3 is 0 Å². The minimum absolute atomic E-state index is 0.195. The van der Waals surface area contributed by atoms with Crippen LogP contribution in [0.15, 0.2) is 91.0 Å². The van der Waals surface area contributed by atoms with E-state index >= 15 is 0 Å². The van der Waals surface area contributed by atoms with Crippen molar-refractivity contribution in [3.8, 4) is 0 Å². The molecule has 2 nitrogen and oxygen atoms in total. The molecule has 1 aliphatic rings. The highest BCUT2D eigenvalue weighted by Gasteiger charge is 2.52. The smallest absolute Gasteiger partial charge is 0.137 e. The van der Waals surface area contributed by atoms with Crippen molar-refractivity contribution in [3.63, 3.8) is 0 Å². The molecule has 1 saturated heterocycles. The fraction of sp³-hybridized carbons (Fsp3) is 0.208. The van der Waals surface area contributed by atoms with Gasteiger partial charge in [-0.2, -0.15) is 0 Å². The Morgan fingerprint density at radius 3 is 1.78 bits per heavy atom. The Kier molecular flexibility index (Phi) is 4.85. The highest BCUT2D eigenvalue weighted by atomic mass is 31.2. The second-order valence-corrected chi connectivity index (χ2v) is 10.4. The van der Waals surface area contributed by atoms with Gasteiger partial charge in [-0.3, -0.25) is 4.79 Å². The lowest BCUT2D eigenvalue weighted by Gasteiger charge is -2.42. The van der Waals surface area contributed by atoms with E-state index in [0.717, 1.165) is 16.4 Å². The van der Waals surface area contributed by atoms with Crippen molar-refractivity contribution in [2.24, 2.45) is 5.92 Å². The van der Waals surface area contributed by atoms with Crippen LogP contribution in [0.4, 0.5) is 0 Å². The zero-order valence-corrected chi connectivity index (χ0v) is 16.3. The van der Waals surface area contributed by atoms with Crippen LogP contribution in [-0.2, 0) is 9.36 Å². The maximum absolute atomic E-state index is 14.9. The van der Waals surface area contributed by atoms with Crippen molar-refractivity contribution in [2.75, 3.05) is 0 Å². The van der Waals surface area contributed by atoms with E-state index in [1.54, 1.807) is 0 Å². The molecule has 3 aromatic carbocycles. The number of ketones is 1. The first-order valence-corrected chi connectivity index (χ1v) is 11.2. The van der Waals surface area contributed by atoms with Crippen LogP contribution >= 0.6 is 7.14 Å². The molecule has 0 aromatic heterocycles. The number of Topliss-reactive ketones (excluding diaryl/α,β-unsaturated/α-hetero) is 1. The third kappa shape index (κ3) is 3.09. The van der Waals surface area contributed by atoms with Crippen molar-refractivity contribution in [2.45, 2.75) is 24.7 Å². The minimum atomic E-state index is -2.94. The highest BCUT2D eigenvalue weighted by Crippen LogP contribution is 2.73. The van der Waals surface area contributed by atoms with E-state index in [9.17, 15) is 9.36 Å². The second-order valence-electron chi connectivity index (χ2n) is 7.29. The van der Waals surface area contributed by atoms with E-state index in [0.29, 0.717) is 6.42 Å². The number of rotatable bonds is 3. The number of hydrogen-bond acceptors (Lipinski definition) is 2. The van der Waals surface area contributed by atoms with Crippen molar-refractivity contribution in [3.05, 3.63) is 102 Å². The summed E-state index contributed by atoms with van der Waals surface area (Å²) in [6, 6.07) is 29.6. The molecule has 0 radical (unpaired) electrons. The summed E-state index contributed by atoms with van der Waals surface area (Å²) in [6.45, 7) is 1.94. The lowest BCUT2D eigenvalue weighted by molar-refractivity contribution is -0.123. The van der Waals surface area contributed by atoms with Crippen LogP contribution in [0.25, 0.3) is 0 Å². The molecule has 0 amide bonds. The summed E-state index contributed by atoms with van der Waals surface area (Å²) >= 11 is 0. The normalized spacial score (nSPS) is 28.0. The molecule has 0 spiro atoms. The molecule has 0 bridgehead atoms. The number of hydrogen-bond donors (Lipinski definition) is 0. The lowest BCUT2D eigenvalue weighted by atomic mass is 9.91. The summed E-state index contributed by atoms with van der Waals surface area (Å²) in [6.07, 6.45) is 0.334. The Morgan fingerprint density at radius 1 is 0.741 bits per heavy atom. The second kappa shape index (κ2) is 7.29. The Labute approximate surface area is 160 Å². The Morgan fingerprint density at radius 2 is 1.22 bits per heavy atom. The maximum atomic E-state index is 14.9. The first-order valence-electron chi connectivity index (χ1n) is 9.40. The number of carbonyl (C=O) groups excluding carboxylic acids is 1. The van der Waals surface area contributed by atoms with Gasteiger partial charge in [0.15, 0.2) is 0 Å².